The number of carboxylic acids is 1. The fraction of sp³-hybridized carbons (Fsp3) is 0. The van der Waals surface area contributed by atoms with Crippen LogP contribution in [0.2, 0.25) is 5.02 Å². The number of aromatic nitrogens is 1. The molecule has 0 unspecified atom stereocenters. The van der Waals surface area contributed by atoms with Crippen LogP contribution in [-0.4, -0.2) is 21.0 Å². The Bertz CT molecular complexity index is 738. The van der Waals surface area contributed by atoms with Crippen LogP contribution in [-0.2, 0) is 0 Å². The van der Waals surface area contributed by atoms with E-state index in [0.29, 0.717) is 15.2 Å². The number of carboxylic acid groups (broad SMARTS) is 1. The van der Waals surface area contributed by atoms with Crippen molar-refractivity contribution in [1.29, 1.82) is 0 Å². The molecule has 0 spiro atoms. The summed E-state index contributed by atoms with van der Waals surface area (Å²) in [7, 11) is 0. The highest BCUT2D eigenvalue weighted by atomic mass is 79.9. The molecule has 1 aromatic heterocycles. The van der Waals surface area contributed by atoms with Crippen LogP contribution in [0.1, 0.15) is 10.4 Å². The maximum atomic E-state index is 11.0. The first-order chi connectivity index (χ1) is 9.88. The van der Waals surface area contributed by atoms with Crippen LogP contribution in [0.3, 0.4) is 0 Å². The van der Waals surface area contributed by atoms with Gasteiger partial charge in [0.25, 0.3) is 0 Å². The lowest BCUT2D eigenvalue weighted by Gasteiger charge is -2.07. The number of benzene rings is 1. The van der Waals surface area contributed by atoms with E-state index in [4.69, 9.17) is 16.7 Å². The highest BCUT2D eigenvalue weighted by Crippen LogP contribution is 2.28. The van der Waals surface area contributed by atoms with E-state index in [1.165, 1.54) is 0 Å². The van der Waals surface area contributed by atoms with Gasteiger partial charge in [-0.15, -0.1) is 0 Å². The normalized spacial score (nSPS) is 10.2. The Morgan fingerprint density at radius 2 is 2.14 bits per heavy atom. The number of nitro groups is 1. The van der Waals surface area contributed by atoms with Crippen LogP contribution in [0.15, 0.2) is 34.9 Å². The minimum atomic E-state index is -1.40. The third kappa shape index (κ3) is 3.47. The van der Waals surface area contributed by atoms with Crippen molar-refractivity contribution in [2.75, 3.05) is 5.32 Å². The lowest BCUT2D eigenvalue weighted by Crippen LogP contribution is -2.05. The molecule has 0 atom stereocenters. The van der Waals surface area contributed by atoms with Crippen LogP contribution >= 0.6 is 27.5 Å². The zero-order valence-corrected chi connectivity index (χ0v) is 12.6. The van der Waals surface area contributed by atoms with Crippen LogP contribution < -0.4 is 5.32 Å². The molecule has 0 saturated carbocycles. The van der Waals surface area contributed by atoms with Gasteiger partial charge in [-0.1, -0.05) is 11.6 Å². The molecule has 2 N–H and O–H groups in total. The maximum Gasteiger partial charge on any atom is 0.342 e. The zero-order chi connectivity index (χ0) is 15.6. The number of pyridine rings is 1. The Morgan fingerprint density at radius 1 is 1.43 bits per heavy atom. The van der Waals surface area contributed by atoms with Gasteiger partial charge in [0, 0.05) is 16.2 Å². The number of hydrogen-bond acceptors (Lipinski definition) is 5. The summed E-state index contributed by atoms with van der Waals surface area (Å²) in [5, 5.41) is 23.1. The largest absolute Gasteiger partial charge is 0.477 e. The molecule has 7 nitrogen and oxygen atoms in total. The van der Waals surface area contributed by atoms with E-state index in [-0.39, 0.29) is 5.82 Å². The molecule has 21 heavy (non-hydrogen) atoms. The Morgan fingerprint density at radius 3 is 2.71 bits per heavy atom. The number of halogens is 2. The number of nitrogens with one attached hydrogen (secondary N) is 1. The van der Waals surface area contributed by atoms with Gasteiger partial charge in [-0.25, -0.2) is 9.78 Å². The summed E-state index contributed by atoms with van der Waals surface area (Å²) >= 11 is 9.12. The second kappa shape index (κ2) is 6.06. The molecule has 9 heteroatoms. The monoisotopic (exact) mass is 371 g/mol. The van der Waals surface area contributed by atoms with Crippen molar-refractivity contribution in [2.24, 2.45) is 0 Å². The first-order valence-corrected chi connectivity index (χ1v) is 6.65. The lowest BCUT2D eigenvalue weighted by molar-refractivity contribution is -0.385. The maximum absolute atomic E-state index is 11.0. The fourth-order valence-corrected chi connectivity index (χ4v) is 2.05. The van der Waals surface area contributed by atoms with Gasteiger partial charge in [0.05, 0.1) is 9.95 Å². The van der Waals surface area contributed by atoms with Gasteiger partial charge in [-0.05, 0) is 34.1 Å². The van der Waals surface area contributed by atoms with Crippen molar-refractivity contribution in [1.82, 2.24) is 4.98 Å². The molecule has 0 amide bonds. The van der Waals surface area contributed by atoms with Crippen molar-refractivity contribution in [3.8, 4) is 0 Å². The molecule has 0 aliphatic heterocycles. The predicted octanol–water partition coefficient (Wildman–Crippen LogP) is 3.85. The molecular weight excluding hydrogens is 366 g/mol. The highest BCUT2D eigenvalue weighted by Gasteiger charge is 2.21. The van der Waals surface area contributed by atoms with E-state index in [2.05, 4.69) is 26.2 Å². The molecule has 1 aromatic carbocycles. The van der Waals surface area contributed by atoms with Crippen molar-refractivity contribution in [2.45, 2.75) is 0 Å². The number of carbonyl (C=O) groups is 1. The summed E-state index contributed by atoms with van der Waals surface area (Å²) in [5.74, 6) is -1.23. The van der Waals surface area contributed by atoms with Gasteiger partial charge in [-0.2, -0.15) is 0 Å². The van der Waals surface area contributed by atoms with Crippen LogP contribution in [0.5, 0.6) is 0 Å². The lowest BCUT2D eigenvalue weighted by atomic mass is 10.2. The number of aromatic carboxylic acids is 1. The van der Waals surface area contributed by atoms with E-state index >= 15 is 0 Å². The molecule has 108 valence electrons. The molecule has 2 aromatic rings. The van der Waals surface area contributed by atoms with E-state index in [9.17, 15) is 14.9 Å². The first kappa shape index (κ1) is 15.2. The molecule has 0 saturated heterocycles. The zero-order valence-electron chi connectivity index (χ0n) is 10.2. The first-order valence-electron chi connectivity index (χ1n) is 5.48. The summed E-state index contributed by atoms with van der Waals surface area (Å²) in [5.41, 5.74) is -0.403. The van der Waals surface area contributed by atoms with Crippen LogP contribution in [0, 0.1) is 10.1 Å². The number of nitrogens with zero attached hydrogens (tertiary/aromatic N) is 2. The predicted molar refractivity (Wildman–Crippen MR) is 80.3 cm³/mol. The minimum Gasteiger partial charge on any atom is -0.477 e. The molecule has 0 bridgehead atoms. The molecule has 2 rings (SSSR count). The van der Waals surface area contributed by atoms with E-state index < -0.39 is 22.1 Å². The molecule has 0 fully saturated rings. The van der Waals surface area contributed by atoms with Crippen LogP contribution in [0.4, 0.5) is 17.2 Å². The number of hydrogen-bond donors (Lipinski definition) is 2. The standard InChI is InChI=1S/C12H7BrClN3O4/c13-8-3-6(1-2-9(8)14)16-11-4-7(12(18)19)10(5-15-11)17(20)21/h1-5H,(H,15,16)(H,18,19). The third-order valence-corrected chi connectivity index (χ3v) is 3.72. The molecule has 0 aliphatic carbocycles. The van der Waals surface area contributed by atoms with Gasteiger partial charge < -0.3 is 10.4 Å². The third-order valence-electron chi connectivity index (χ3n) is 2.50. The van der Waals surface area contributed by atoms with Gasteiger partial charge >= 0.3 is 11.7 Å². The fourth-order valence-electron chi connectivity index (χ4n) is 1.56. The summed E-state index contributed by atoms with van der Waals surface area (Å²) in [6, 6.07) is 6.07. The van der Waals surface area contributed by atoms with E-state index in [0.717, 1.165) is 12.3 Å². The Hall–Kier alpha value is -2.19. The van der Waals surface area contributed by atoms with Gasteiger partial charge in [0.1, 0.15) is 17.6 Å². The smallest absolute Gasteiger partial charge is 0.342 e. The minimum absolute atomic E-state index is 0.173. The van der Waals surface area contributed by atoms with Crippen LogP contribution in [0.25, 0.3) is 0 Å². The Balaban J connectivity index is 2.36. The topological polar surface area (TPSA) is 105 Å². The van der Waals surface area contributed by atoms with Crippen molar-refractivity contribution < 1.29 is 14.8 Å². The van der Waals surface area contributed by atoms with Crippen molar-refractivity contribution in [3.63, 3.8) is 0 Å². The number of rotatable bonds is 4. The molecule has 0 radical (unpaired) electrons. The summed E-state index contributed by atoms with van der Waals surface area (Å²) < 4.78 is 0.648. The second-order valence-electron chi connectivity index (χ2n) is 3.90. The van der Waals surface area contributed by atoms with Gasteiger partial charge in [0.2, 0.25) is 0 Å². The average molecular weight is 373 g/mol. The van der Waals surface area contributed by atoms with E-state index in [1.807, 2.05) is 0 Å². The van der Waals surface area contributed by atoms with Gasteiger partial charge in [-0.3, -0.25) is 10.1 Å². The summed E-state index contributed by atoms with van der Waals surface area (Å²) in [4.78, 5) is 24.8. The van der Waals surface area contributed by atoms with E-state index in [1.54, 1.807) is 18.2 Å². The highest BCUT2D eigenvalue weighted by molar-refractivity contribution is 9.10. The van der Waals surface area contributed by atoms with Gasteiger partial charge in [0.15, 0.2) is 0 Å². The quantitative estimate of drug-likeness (QED) is 0.624. The summed E-state index contributed by atoms with van der Waals surface area (Å²) in [6.45, 7) is 0. The molecule has 1 heterocycles. The second-order valence-corrected chi connectivity index (χ2v) is 5.16. The van der Waals surface area contributed by atoms with Crippen molar-refractivity contribution >= 4 is 50.7 Å². The average Bonchev–Trinajstić information content (AvgIpc) is 2.42. The molecule has 0 aliphatic rings. The molecular formula is C12H7BrClN3O4. The SMILES string of the molecule is O=C(O)c1cc(Nc2ccc(Cl)c(Br)c2)ncc1[N+](=O)[O-]. The number of anilines is 2. The summed E-state index contributed by atoms with van der Waals surface area (Å²) in [6.07, 6.45) is 0.900. The Labute approximate surface area is 131 Å². The Kier molecular flexibility index (Phi) is 4.39. The van der Waals surface area contributed by atoms with Crippen molar-refractivity contribution in [3.05, 3.63) is 55.6 Å².